The van der Waals surface area contributed by atoms with Gasteiger partial charge in [0.15, 0.2) is 4.32 Å². The van der Waals surface area contributed by atoms with Gasteiger partial charge in [-0.3, -0.25) is 0 Å². The molecule has 0 bridgehead atoms. The van der Waals surface area contributed by atoms with Crippen LogP contribution in [-0.4, -0.2) is 36.4 Å². The zero-order chi connectivity index (χ0) is 11.4. The number of hydrogen-bond acceptors (Lipinski definition) is 4. The summed E-state index contributed by atoms with van der Waals surface area (Å²) in [7, 11) is 0. The van der Waals surface area contributed by atoms with Crippen molar-refractivity contribution in [3.05, 3.63) is 5.21 Å². The monoisotopic (exact) mass is 243 g/mol. The highest BCUT2D eigenvalue weighted by molar-refractivity contribution is 8.24. The Morgan fingerprint density at radius 1 is 1.53 bits per heavy atom. The Bertz CT molecular complexity index is 400. The van der Waals surface area contributed by atoms with Gasteiger partial charge < -0.3 is 5.21 Å². The van der Waals surface area contributed by atoms with E-state index in [1.165, 1.54) is 11.8 Å². The van der Waals surface area contributed by atoms with Gasteiger partial charge in [-0.05, 0) is 20.8 Å². The fourth-order valence-electron chi connectivity index (χ4n) is 1.77. The van der Waals surface area contributed by atoms with Crippen LogP contribution in [0.5, 0.6) is 0 Å². The Kier molecular flexibility index (Phi) is 2.31. The quantitative estimate of drug-likeness (QED) is 0.369. The van der Waals surface area contributed by atoms with Crippen LogP contribution < -0.4 is 0 Å². The Morgan fingerprint density at radius 3 is 2.73 bits per heavy atom. The maximum absolute atomic E-state index is 12.1. The van der Waals surface area contributed by atoms with Crippen LogP contribution in [0.1, 0.15) is 27.7 Å². The lowest BCUT2D eigenvalue weighted by Crippen LogP contribution is -2.51. The summed E-state index contributed by atoms with van der Waals surface area (Å²) in [6, 6.07) is 0. The number of nitrogens with zero attached hydrogens (tertiary/aromatic N) is 3. The van der Waals surface area contributed by atoms with Crippen molar-refractivity contribution in [2.75, 3.05) is 0 Å². The van der Waals surface area contributed by atoms with Crippen LogP contribution in [0.15, 0.2) is 5.10 Å². The van der Waals surface area contributed by atoms with Gasteiger partial charge in [0.1, 0.15) is 10.5 Å². The Hall–Kier alpha value is -0.620. The minimum atomic E-state index is -0.307. The number of thiocarbonyl (C=S) groups is 1. The zero-order valence-electron chi connectivity index (χ0n) is 9.14. The molecule has 15 heavy (non-hydrogen) atoms. The molecule has 2 aliphatic rings. The summed E-state index contributed by atoms with van der Waals surface area (Å²) in [4.78, 5) is 0. The van der Waals surface area contributed by atoms with Crippen molar-refractivity contribution in [1.82, 2.24) is 5.01 Å². The molecule has 0 aromatic rings. The predicted octanol–water partition coefficient (Wildman–Crippen LogP) is 1.79. The molecule has 0 aromatic heterocycles. The van der Waals surface area contributed by atoms with E-state index in [2.05, 4.69) is 5.10 Å². The van der Waals surface area contributed by atoms with Gasteiger partial charge in [-0.15, -0.1) is 0 Å². The van der Waals surface area contributed by atoms with Gasteiger partial charge in [-0.1, -0.05) is 24.0 Å². The van der Waals surface area contributed by atoms with Gasteiger partial charge in [0.2, 0.25) is 5.71 Å². The molecule has 2 rings (SSSR count). The highest BCUT2D eigenvalue weighted by Gasteiger charge is 2.53. The van der Waals surface area contributed by atoms with Crippen molar-refractivity contribution < 1.29 is 4.74 Å². The second-order valence-corrected chi connectivity index (χ2v) is 6.57. The van der Waals surface area contributed by atoms with E-state index in [4.69, 9.17) is 12.2 Å². The minimum Gasteiger partial charge on any atom is -0.622 e. The first-order valence-corrected chi connectivity index (χ1v) is 5.95. The fraction of sp³-hybridized carbons (Fsp3) is 0.667. The van der Waals surface area contributed by atoms with Crippen molar-refractivity contribution in [2.24, 2.45) is 5.10 Å². The summed E-state index contributed by atoms with van der Waals surface area (Å²) in [5.74, 6) is 0. The van der Waals surface area contributed by atoms with E-state index in [1.54, 1.807) is 11.9 Å². The fourth-order valence-corrected chi connectivity index (χ4v) is 3.54. The van der Waals surface area contributed by atoms with Crippen LogP contribution in [0.25, 0.3) is 0 Å². The molecule has 1 fully saturated rings. The average molecular weight is 243 g/mol. The lowest BCUT2D eigenvalue weighted by molar-refractivity contribution is -0.529. The lowest BCUT2D eigenvalue weighted by atomic mass is 10.1. The van der Waals surface area contributed by atoms with Gasteiger partial charge in [-0.2, -0.15) is 14.8 Å². The van der Waals surface area contributed by atoms with E-state index < -0.39 is 0 Å². The van der Waals surface area contributed by atoms with Crippen LogP contribution in [0.2, 0.25) is 0 Å². The maximum atomic E-state index is 12.1. The van der Waals surface area contributed by atoms with E-state index >= 15 is 0 Å². The van der Waals surface area contributed by atoms with Crippen molar-refractivity contribution >= 4 is 39.7 Å². The summed E-state index contributed by atoms with van der Waals surface area (Å²) in [5.41, 5.74) is 1.41. The maximum Gasteiger partial charge on any atom is 0.273 e. The minimum absolute atomic E-state index is 0.218. The molecule has 0 aromatic carbocycles. The molecule has 0 radical (unpaired) electrons. The second-order valence-electron chi connectivity index (χ2n) is 4.29. The summed E-state index contributed by atoms with van der Waals surface area (Å²) >= 11 is 6.75. The SMILES string of the molecule is CC1=NN2C(=S)SC(C)(C)C2[N+]([O-])=C1C. The molecule has 4 nitrogen and oxygen atoms in total. The molecule has 1 atom stereocenters. The van der Waals surface area contributed by atoms with Crippen molar-refractivity contribution in [1.29, 1.82) is 0 Å². The third-order valence-corrected chi connectivity index (χ3v) is 4.26. The van der Waals surface area contributed by atoms with Crippen LogP contribution in [-0.2, 0) is 0 Å². The van der Waals surface area contributed by atoms with Crippen LogP contribution in [0, 0.1) is 5.21 Å². The molecule has 0 aliphatic carbocycles. The molecular weight excluding hydrogens is 230 g/mol. The molecule has 2 aliphatic heterocycles. The average Bonchev–Trinajstić information content (AvgIpc) is 2.33. The summed E-state index contributed by atoms with van der Waals surface area (Å²) in [6.45, 7) is 7.66. The Morgan fingerprint density at radius 2 is 2.13 bits per heavy atom. The lowest BCUT2D eigenvalue weighted by Gasteiger charge is -2.30. The molecule has 82 valence electrons. The molecule has 0 saturated carbocycles. The molecule has 6 heteroatoms. The number of fused-ring (bicyclic) bond motifs is 1. The van der Waals surface area contributed by atoms with Gasteiger partial charge in [0, 0.05) is 6.92 Å². The van der Waals surface area contributed by atoms with Crippen LogP contribution >= 0.6 is 24.0 Å². The molecular formula is C9H13N3OS2. The van der Waals surface area contributed by atoms with E-state index in [0.29, 0.717) is 10.0 Å². The van der Waals surface area contributed by atoms with Gasteiger partial charge in [0.05, 0.1) is 0 Å². The molecule has 0 spiro atoms. The number of thioether (sulfide) groups is 1. The van der Waals surface area contributed by atoms with Gasteiger partial charge in [0.25, 0.3) is 6.17 Å². The smallest absolute Gasteiger partial charge is 0.273 e. The summed E-state index contributed by atoms with van der Waals surface area (Å²) in [5, 5.41) is 18.1. The van der Waals surface area contributed by atoms with E-state index in [1.807, 2.05) is 20.8 Å². The number of hydrazone groups is 1. The van der Waals surface area contributed by atoms with Crippen LogP contribution in [0.3, 0.4) is 0 Å². The largest absolute Gasteiger partial charge is 0.622 e. The molecule has 0 N–H and O–H groups in total. The van der Waals surface area contributed by atoms with E-state index in [-0.39, 0.29) is 10.9 Å². The third-order valence-electron chi connectivity index (χ3n) is 2.72. The summed E-state index contributed by atoms with van der Waals surface area (Å²) < 4.78 is 1.48. The Balaban J connectivity index is 2.52. The number of hydroxylamine groups is 1. The van der Waals surface area contributed by atoms with Crippen molar-refractivity contribution in [3.8, 4) is 0 Å². The molecule has 2 heterocycles. The Labute approximate surface area is 98.6 Å². The molecule has 1 unspecified atom stereocenters. The van der Waals surface area contributed by atoms with Crippen molar-refractivity contribution in [3.63, 3.8) is 0 Å². The molecule has 0 amide bonds. The first kappa shape index (κ1) is 10.9. The normalized spacial score (nSPS) is 29.3. The standard InChI is InChI=1S/C9H13N3OS2/c1-5-6(2)12(13)7-9(3,4)15-8(14)11(7)10-5/h7H,1-4H3. The van der Waals surface area contributed by atoms with E-state index in [9.17, 15) is 5.21 Å². The van der Waals surface area contributed by atoms with Crippen LogP contribution in [0.4, 0.5) is 0 Å². The molecule has 1 saturated heterocycles. The van der Waals surface area contributed by atoms with Crippen molar-refractivity contribution in [2.45, 2.75) is 38.6 Å². The summed E-state index contributed by atoms with van der Waals surface area (Å²) in [6.07, 6.45) is -0.307. The second kappa shape index (κ2) is 3.18. The first-order valence-electron chi connectivity index (χ1n) is 4.72. The zero-order valence-corrected chi connectivity index (χ0v) is 10.8. The topological polar surface area (TPSA) is 41.7 Å². The first-order chi connectivity index (χ1) is 6.84. The third kappa shape index (κ3) is 1.47. The predicted molar refractivity (Wildman–Crippen MR) is 67.3 cm³/mol. The number of hydrogen-bond donors (Lipinski definition) is 0. The van der Waals surface area contributed by atoms with E-state index in [0.717, 1.165) is 10.5 Å². The van der Waals surface area contributed by atoms with Gasteiger partial charge >= 0.3 is 0 Å². The highest BCUT2D eigenvalue weighted by atomic mass is 32.2. The van der Waals surface area contributed by atoms with Gasteiger partial charge in [-0.25, -0.2) is 0 Å². The highest BCUT2D eigenvalue weighted by Crippen LogP contribution is 2.42. The number of rotatable bonds is 0.